The van der Waals surface area contributed by atoms with E-state index in [1.165, 1.54) is 0 Å². The van der Waals surface area contributed by atoms with Crippen LogP contribution in [0.15, 0.2) is 18.2 Å². The van der Waals surface area contributed by atoms with Crippen LogP contribution in [0.1, 0.15) is 10.4 Å². The summed E-state index contributed by atoms with van der Waals surface area (Å²) >= 11 is 0. The molecule has 23 heavy (non-hydrogen) atoms. The average Bonchev–Trinajstić information content (AvgIpc) is 2.35. The predicted molar refractivity (Wildman–Crippen MR) is 62.6 cm³/mol. The Morgan fingerprint density at radius 1 is 1.22 bits per heavy atom. The van der Waals surface area contributed by atoms with Crippen molar-refractivity contribution in [1.82, 2.24) is 0 Å². The Morgan fingerprint density at radius 3 is 2.13 bits per heavy atom. The zero-order valence-corrected chi connectivity index (χ0v) is 11.5. The molecular weight excluding hydrogens is 360 g/mol. The molecule has 0 amide bonds. The number of hydrogen-bond donors (Lipinski definition) is 2. The molecule has 1 unspecified atom stereocenters. The number of carbonyl (C=O) groups is 1. The summed E-state index contributed by atoms with van der Waals surface area (Å²) in [6.07, 6.45) is -10.5. The van der Waals surface area contributed by atoms with Crippen LogP contribution in [-0.4, -0.2) is 36.5 Å². The fourth-order valence-corrected chi connectivity index (χ4v) is 1.74. The van der Waals surface area contributed by atoms with Gasteiger partial charge in [0.2, 0.25) is 0 Å². The first-order valence-corrected chi connectivity index (χ1v) is 6.79. The highest BCUT2D eigenvalue weighted by Gasteiger charge is 2.66. The van der Waals surface area contributed by atoms with Crippen molar-refractivity contribution in [3.63, 3.8) is 0 Å². The zero-order valence-electron chi connectivity index (χ0n) is 10.6. The van der Waals surface area contributed by atoms with Crippen LogP contribution in [0.25, 0.3) is 0 Å². The van der Waals surface area contributed by atoms with Gasteiger partial charge in [-0.15, -0.1) is 0 Å². The third-order valence-corrected chi connectivity index (χ3v) is 3.31. The van der Waals surface area contributed by atoms with Crippen molar-refractivity contribution in [3.05, 3.63) is 29.6 Å². The van der Waals surface area contributed by atoms with Crippen molar-refractivity contribution in [3.8, 4) is 0 Å². The van der Waals surface area contributed by atoms with E-state index in [-0.39, 0.29) is 0 Å². The van der Waals surface area contributed by atoms with Crippen molar-refractivity contribution in [2.24, 2.45) is 0 Å². The predicted octanol–water partition coefficient (Wildman–Crippen LogP) is 1.98. The van der Waals surface area contributed by atoms with E-state index < -0.39 is 50.7 Å². The number of anilines is 1. The molecule has 0 saturated heterocycles. The Kier molecular flexibility index (Phi) is 4.87. The zero-order chi connectivity index (χ0) is 18.2. The third kappa shape index (κ3) is 4.04. The van der Waals surface area contributed by atoms with Crippen molar-refractivity contribution in [2.45, 2.75) is 17.5 Å². The molecule has 0 heterocycles. The average molecular weight is 367 g/mol. The maximum Gasteiger partial charge on any atom is 0.432 e. The van der Waals surface area contributed by atoms with Gasteiger partial charge in [-0.05, 0) is 18.2 Å². The first kappa shape index (κ1) is 19.0. The summed E-state index contributed by atoms with van der Waals surface area (Å²) in [5.41, 5.74) is 3.62. The smallest absolute Gasteiger partial charge is 0.432 e. The van der Waals surface area contributed by atoms with E-state index in [0.717, 1.165) is 6.07 Å². The molecule has 0 aliphatic heterocycles. The van der Waals surface area contributed by atoms with Gasteiger partial charge in [-0.2, -0.15) is 30.4 Å². The topological polar surface area (TPSA) is 107 Å². The van der Waals surface area contributed by atoms with Crippen LogP contribution in [0.5, 0.6) is 0 Å². The molecule has 0 saturated carbocycles. The maximum atomic E-state index is 13.2. The minimum atomic E-state index is -6.55. The highest BCUT2D eigenvalue weighted by atomic mass is 32.2. The number of alkyl halides is 5. The molecule has 6 nitrogen and oxygen atoms in total. The number of hydrogen-bond acceptors (Lipinski definition) is 5. The Morgan fingerprint density at radius 2 is 1.74 bits per heavy atom. The highest BCUT2D eigenvalue weighted by molar-refractivity contribution is 7.86. The van der Waals surface area contributed by atoms with Crippen LogP contribution in [0.4, 0.5) is 32.0 Å². The first-order valence-electron chi connectivity index (χ1n) is 5.35. The Bertz CT molecular complexity index is 717. The molecule has 1 atom stereocenters. The first-order chi connectivity index (χ1) is 10.2. The van der Waals surface area contributed by atoms with E-state index in [4.69, 9.17) is 10.3 Å². The van der Waals surface area contributed by atoms with E-state index in [1.54, 1.807) is 0 Å². The van der Waals surface area contributed by atoms with Gasteiger partial charge >= 0.3 is 27.5 Å². The van der Waals surface area contributed by atoms with Gasteiger partial charge in [-0.3, -0.25) is 4.55 Å². The summed E-state index contributed by atoms with van der Waals surface area (Å²) in [5.74, 6) is -3.35. The Labute approximate surface area is 124 Å². The lowest BCUT2D eigenvalue weighted by molar-refractivity contribution is -0.248. The minimum Gasteiger partial charge on any atom is -0.441 e. The summed E-state index contributed by atoms with van der Waals surface area (Å²) < 4.78 is 109. The van der Waals surface area contributed by atoms with Crippen LogP contribution in [0.2, 0.25) is 0 Å². The van der Waals surface area contributed by atoms with E-state index in [0.29, 0.717) is 12.1 Å². The number of esters is 1. The van der Waals surface area contributed by atoms with Gasteiger partial charge in [-0.25, -0.2) is 9.18 Å². The molecule has 0 aliphatic rings. The monoisotopic (exact) mass is 367 g/mol. The molecule has 0 bridgehead atoms. The van der Waals surface area contributed by atoms with Crippen molar-refractivity contribution < 1.29 is 48.8 Å². The second-order valence-corrected chi connectivity index (χ2v) is 5.59. The number of nitrogens with two attached hydrogens (primary N) is 1. The molecule has 3 N–H and O–H groups in total. The van der Waals surface area contributed by atoms with Gasteiger partial charge in [0.05, 0.1) is 11.3 Å². The lowest BCUT2D eigenvalue weighted by Gasteiger charge is -2.26. The van der Waals surface area contributed by atoms with E-state index >= 15 is 0 Å². The molecule has 0 aromatic heterocycles. The van der Waals surface area contributed by atoms with Gasteiger partial charge in [0.25, 0.3) is 6.10 Å². The normalized spacial score (nSPS) is 14.4. The lowest BCUT2D eigenvalue weighted by atomic mass is 10.2. The molecule has 0 aliphatic carbocycles. The number of benzene rings is 1. The quantitative estimate of drug-likeness (QED) is 0.365. The highest BCUT2D eigenvalue weighted by Crippen LogP contribution is 2.38. The van der Waals surface area contributed by atoms with Crippen LogP contribution in [0.3, 0.4) is 0 Å². The van der Waals surface area contributed by atoms with Gasteiger partial charge < -0.3 is 10.5 Å². The van der Waals surface area contributed by atoms with E-state index in [1.807, 2.05) is 0 Å². The Hall–Kier alpha value is -2.02. The molecule has 0 radical (unpaired) electrons. The summed E-state index contributed by atoms with van der Waals surface area (Å²) in [7, 11) is -6.55. The number of halogens is 6. The Balaban J connectivity index is 3.22. The molecule has 0 fully saturated rings. The van der Waals surface area contributed by atoms with Gasteiger partial charge in [0, 0.05) is 0 Å². The van der Waals surface area contributed by atoms with Crippen LogP contribution in [-0.2, 0) is 14.9 Å². The summed E-state index contributed by atoms with van der Waals surface area (Å²) in [5, 5.41) is -5.87. The summed E-state index contributed by atoms with van der Waals surface area (Å²) in [6, 6.07) is 1.71. The summed E-state index contributed by atoms with van der Waals surface area (Å²) in [4.78, 5) is 11.4. The number of nitrogen functional groups attached to an aromatic ring is 1. The second-order valence-electron chi connectivity index (χ2n) is 4.10. The SMILES string of the molecule is Nc1ccc(C(=O)OC(C(F)(F)F)C(F)(F)S(=O)(=O)O)cc1F. The van der Waals surface area contributed by atoms with E-state index in [9.17, 15) is 39.6 Å². The van der Waals surface area contributed by atoms with Crippen LogP contribution >= 0.6 is 0 Å². The fraction of sp³-hybridized carbons (Fsp3) is 0.300. The van der Waals surface area contributed by atoms with Crippen LogP contribution < -0.4 is 5.73 Å². The van der Waals surface area contributed by atoms with Gasteiger partial charge in [-0.1, -0.05) is 0 Å². The molecule has 130 valence electrons. The van der Waals surface area contributed by atoms with Crippen molar-refractivity contribution in [1.29, 1.82) is 0 Å². The van der Waals surface area contributed by atoms with Gasteiger partial charge in [0.15, 0.2) is 0 Å². The van der Waals surface area contributed by atoms with Gasteiger partial charge in [0.1, 0.15) is 5.82 Å². The minimum absolute atomic E-state index is 0.302. The third-order valence-electron chi connectivity index (χ3n) is 2.41. The maximum absolute atomic E-state index is 13.2. The molecular formula is C10H7F6NO5S. The standard InChI is InChI=1S/C10H7F6NO5S/c11-5-3-4(1-2-6(5)17)7(18)22-8(9(12,13)14)10(15,16)23(19,20)21/h1-3,8H,17H2,(H,19,20,21). The molecule has 1 aromatic carbocycles. The largest absolute Gasteiger partial charge is 0.441 e. The number of ether oxygens (including phenoxy) is 1. The van der Waals surface area contributed by atoms with Crippen molar-refractivity contribution in [2.75, 3.05) is 5.73 Å². The molecule has 13 heteroatoms. The summed E-state index contributed by atoms with van der Waals surface area (Å²) in [6.45, 7) is 0. The second kappa shape index (κ2) is 5.88. The van der Waals surface area contributed by atoms with E-state index in [2.05, 4.69) is 4.74 Å². The molecule has 0 spiro atoms. The fourth-order valence-electron chi connectivity index (χ4n) is 1.29. The number of carbonyl (C=O) groups excluding carboxylic acids is 1. The molecule has 1 aromatic rings. The number of rotatable bonds is 4. The van der Waals surface area contributed by atoms with Crippen molar-refractivity contribution >= 4 is 21.8 Å². The molecule has 1 rings (SSSR count). The lowest BCUT2D eigenvalue weighted by Crippen LogP contribution is -2.52. The van der Waals surface area contributed by atoms with Crippen LogP contribution in [0, 0.1) is 5.82 Å².